The fourth-order valence-corrected chi connectivity index (χ4v) is 3.97. The monoisotopic (exact) mass is 448 g/mol. The maximum Gasteiger partial charge on any atom is 0.409 e. The molecule has 138 valence electrons. The summed E-state index contributed by atoms with van der Waals surface area (Å²) in [4.78, 5) is 15.1. The molecule has 3 aromatic rings. The molecule has 7 nitrogen and oxygen atoms in total. The number of fused-ring (bicyclic) bond motifs is 1. The van der Waals surface area contributed by atoms with E-state index in [1.807, 2.05) is 6.07 Å². The predicted molar refractivity (Wildman–Crippen MR) is 103 cm³/mol. The molecule has 1 amide bonds. The molecular weight excluding hydrogens is 436 g/mol. The van der Waals surface area contributed by atoms with Gasteiger partial charge in [0.05, 0.1) is 22.6 Å². The Morgan fingerprint density at radius 2 is 2.15 bits per heavy atom. The van der Waals surface area contributed by atoms with E-state index in [0.29, 0.717) is 34.1 Å². The second-order valence-electron chi connectivity index (χ2n) is 6.29. The van der Waals surface area contributed by atoms with Crippen LogP contribution in [-0.2, 0) is 12.0 Å². The number of hydrogen-bond acceptors (Lipinski definition) is 4. The molecule has 4 rings (SSSR count). The third-order valence-corrected chi connectivity index (χ3v) is 5.32. The zero-order chi connectivity index (χ0) is 19.2. The van der Waals surface area contributed by atoms with E-state index in [1.165, 1.54) is 6.07 Å². The van der Waals surface area contributed by atoms with Gasteiger partial charge in [-0.2, -0.15) is 5.10 Å². The highest BCUT2D eigenvalue weighted by molar-refractivity contribution is 9.10. The molecule has 2 aromatic heterocycles. The number of nitrogens with one attached hydrogen (secondary N) is 1. The second-order valence-corrected chi connectivity index (χ2v) is 7.61. The molecule has 0 aliphatic heterocycles. The van der Waals surface area contributed by atoms with Crippen molar-refractivity contribution in [2.75, 3.05) is 5.32 Å². The van der Waals surface area contributed by atoms with E-state index in [2.05, 4.69) is 31.3 Å². The zero-order valence-corrected chi connectivity index (χ0v) is 16.2. The molecule has 1 atom stereocenters. The van der Waals surface area contributed by atoms with Gasteiger partial charge in [-0.15, -0.1) is 0 Å². The molecule has 1 aliphatic carbocycles. The van der Waals surface area contributed by atoms with Crippen LogP contribution in [0.4, 0.5) is 10.5 Å². The van der Waals surface area contributed by atoms with E-state index in [4.69, 9.17) is 16.7 Å². The number of aryl methyl sites for hydroxylation is 1. The third kappa shape index (κ3) is 3.20. The van der Waals surface area contributed by atoms with Crippen LogP contribution in [-0.4, -0.2) is 31.1 Å². The van der Waals surface area contributed by atoms with Gasteiger partial charge < -0.3 is 10.2 Å². The highest BCUT2D eigenvalue weighted by Gasteiger charge is 2.41. The van der Waals surface area contributed by atoms with Crippen molar-refractivity contribution in [1.29, 1.82) is 0 Å². The molecule has 1 aromatic carbocycles. The maximum atomic E-state index is 11.2. The van der Waals surface area contributed by atoms with Crippen molar-refractivity contribution in [3.8, 4) is 5.69 Å². The lowest BCUT2D eigenvalue weighted by atomic mass is 9.94. The summed E-state index contributed by atoms with van der Waals surface area (Å²) in [6.07, 6.45) is 5.06. The van der Waals surface area contributed by atoms with Crippen molar-refractivity contribution >= 4 is 39.3 Å². The Morgan fingerprint density at radius 1 is 1.33 bits per heavy atom. The van der Waals surface area contributed by atoms with Gasteiger partial charge >= 0.3 is 6.09 Å². The SMILES string of the molecule is O=C(O)Nc1ccc(-n2cc(C3(O)CCc4cc(Br)cnc43)cn2)c(Cl)c1. The van der Waals surface area contributed by atoms with Gasteiger partial charge in [0.25, 0.3) is 0 Å². The van der Waals surface area contributed by atoms with E-state index in [1.54, 1.807) is 35.4 Å². The van der Waals surface area contributed by atoms with Crippen LogP contribution in [0.1, 0.15) is 23.2 Å². The number of carbonyl (C=O) groups is 1. The smallest absolute Gasteiger partial charge is 0.409 e. The van der Waals surface area contributed by atoms with Gasteiger partial charge in [0.1, 0.15) is 5.60 Å². The number of carboxylic acid groups (broad SMARTS) is 1. The zero-order valence-electron chi connectivity index (χ0n) is 13.9. The Hall–Kier alpha value is -2.42. The first-order valence-corrected chi connectivity index (χ1v) is 9.26. The van der Waals surface area contributed by atoms with Crippen LogP contribution in [0.2, 0.25) is 5.02 Å². The molecule has 0 fully saturated rings. The first kappa shape index (κ1) is 18.0. The van der Waals surface area contributed by atoms with Crippen molar-refractivity contribution < 1.29 is 15.0 Å². The number of benzene rings is 1. The first-order valence-electron chi connectivity index (χ1n) is 8.09. The molecule has 1 unspecified atom stereocenters. The Balaban J connectivity index is 1.68. The summed E-state index contributed by atoms with van der Waals surface area (Å²) < 4.78 is 2.43. The van der Waals surface area contributed by atoms with Crippen LogP contribution in [0.25, 0.3) is 5.69 Å². The Kier molecular flexibility index (Phi) is 4.41. The Morgan fingerprint density at radius 3 is 2.89 bits per heavy atom. The summed E-state index contributed by atoms with van der Waals surface area (Å²) in [6, 6.07) is 6.72. The molecule has 27 heavy (non-hydrogen) atoms. The van der Waals surface area contributed by atoms with E-state index in [-0.39, 0.29) is 0 Å². The fraction of sp³-hybridized carbons (Fsp3) is 0.167. The van der Waals surface area contributed by atoms with Crippen LogP contribution in [0.5, 0.6) is 0 Å². The molecule has 0 bridgehead atoms. The van der Waals surface area contributed by atoms with Crippen molar-refractivity contribution in [3.63, 3.8) is 0 Å². The second kappa shape index (κ2) is 6.63. The largest absolute Gasteiger partial charge is 0.465 e. The van der Waals surface area contributed by atoms with Crippen LogP contribution in [0, 0.1) is 0 Å². The van der Waals surface area contributed by atoms with E-state index in [0.717, 1.165) is 16.5 Å². The van der Waals surface area contributed by atoms with Crippen molar-refractivity contribution in [3.05, 3.63) is 69.2 Å². The number of nitrogens with zero attached hydrogens (tertiary/aromatic N) is 3. The minimum atomic E-state index is -1.20. The van der Waals surface area contributed by atoms with Crippen LogP contribution in [0.15, 0.2) is 47.3 Å². The lowest BCUT2D eigenvalue weighted by Gasteiger charge is -2.21. The van der Waals surface area contributed by atoms with Gasteiger partial charge in [-0.3, -0.25) is 10.3 Å². The third-order valence-electron chi connectivity index (χ3n) is 4.59. The van der Waals surface area contributed by atoms with Crippen LogP contribution < -0.4 is 5.32 Å². The minimum absolute atomic E-state index is 0.330. The number of halogens is 2. The molecule has 0 radical (unpaired) electrons. The summed E-state index contributed by atoms with van der Waals surface area (Å²) in [5.41, 5.74) is 2.00. The standard InChI is InChI=1S/C18H14BrClN4O3/c19-12-5-10-3-4-18(27,16(10)21-8-12)11-7-22-24(9-11)15-2-1-13(6-14(15)20)23-17(25)26/h1-2,5-9,23,27H,3-4H2,(H,25,26). The van der Waals surface area contributed by atoms with Crippen molar-refractivity contribution in [1.82, 2.24) is 14.8 Å². The van der Waals surface area contributed by atoms with E-state index in [9.17, 15) is 9.90 Å². The number of amides is 1. The quantitative estimate of drug-likeness (QED) is 0.562. The van der Waals surface area contributed by atoms with Gasteiger partial charge in [0.2, 0.25) is 0 Å². The molecule has 9 heteroatoms. The van der Waals surface area contributed by atoms with Crippen LogP contribution in [0.3, 0.4) is 0 Å². The molecule has 3 N–H and O–H groups in total. The fourth-order valence-electron chi connectivity index (χ4n) is 3.32. The van der Waals surface area contributed by atoms with Crippen molar-refractivity contribution in [2.24, 2.45) is 0 Å². The molecule has 1 aliphatic rings. The topological polar surface area (TPSA) is 100 Å². The normalized spacial score (nSPS) is 18.3. The summed E-state index contributed by atoms with van der Waals surface area (Å²) in [5.74, 6) is 0. The summed E-state index contributed by atoms with van der Waals surface area (Å²) in [7, 11) is 0. The number of aliphatic hydroxyl groups is 1. The van der Waals surface area contributed by atoms with Gasteiger partial charge in [0, 0.05) is 28.1 Å². The van der Waals surface area contributed by atoms with Gasteiger partial charge in [0.15, 0.2) is 0 Å². The molecule has 0 saturated carbocycles. The summed E-state index contributed by atoms with van der Waals surface area (Å²) in [5, 5.41) is 26.9. The number of hydrogen-bond donors (Lipinski definition) is 3. The summed E-state index contributed by atoms with van der Waals surface area (Å²) >= 11 is 9.68. The summed E-state index contributed by atoms with van der Waals surface area (Å²) in [6.45, 7) is 0. The number of pyridine rings is 1. The van der Waals surface area contributed by atoms with Gasteiger partial charge in [-0.25, -0.2) is 9.48 Å². The molecule has 2 heterocycles. The van der Waals surface area contributed by atoms with E-state index >= 15 is 0 Å². The number of aromatic nitrogens is 3. The predicted octanol–water partition coefficient (Wildman–Crippen LogP) is 3.96. The van der Waals surface area contributed by atoms with E-state index < -0.39 is 11.7 Å². The first-order chi connectivity index (χ1) is 12.9. The maximum absolute atomic E-state index is 11.2. The molecule has 0 saturated heterocycles. The van der Waals surface area contributed by atoms with Crippen molar-refractivity contribution in [2.45, 2.75) is 18.4 Å². The van der Waals surface area contributed by atoms with Gasteiger partial charge in [-0.1, -0.05) is 11.6 Å². The number of rotatable bonds is 3. The molecular formula is C18H14BrClN4O3. The Labute approximate surface area is 167 Å². The number of anilines is 1. The highest BCUT2D eigenvalue weighted by Crippen LogP contribution is 2.41. The lowest BCUT2D eigenvalue weighted by Crippen LogP contribution is -2.24. The van der Waals surface area contributed by atoms with Gasteiger partial charge in [-0.05, 0) is 58.6 Å². The molecule has 0 spiro atoms. The average Bonchev–Trinajstić information content (AvgIpc) is 3.21. The average molecular weight is 450 g/mol. The minimum Gasteiger partial charge on any atom is -0.465 e. The highest BCUT2D eigenvalue weighted by atomic mass is 79.9. The van der Waals surface area contributed by atoms with Crippen LogP contribution >= 0.6 is 27.5 Å². The lowest BCUT2D eigenvalue weighted by molar-refractivity contribution is 0.0787. The Bertz CT molecular complexity index is 1050.